The molecule has 3 heterocycles. The monoisotopic (exact) mass is 303 g/mol. The fourth-order valence-electron chi connectivity index (χ4n) is 3.27. The van der Waals surface area contributed by atoms with Crippen molar-refractivity contribution in [1.29, 1.82) is 0 Å². The molecule has 0 N–H and O–H groups in total. The molecule has 5 rings (SSSR count). The van der Waals surface area contributed by atoms with Crippen molar-refractivity contribution in [2.45, 2.75) is 0 Å². The second-order valence-electron chi connectivity index (χ2n) is 5.55. The van der Waals surface area contributed by atoms with E-state index in [0.717, 1.165) is 21.6 Å². The standard InChI is InChI=1S/C19H12ClN2/c20-15-7-9-17-14(11-15)6-10-19-21(17)12-16-8-5-13-3-1-2-4-18(13)22(16)19/h1-12H/q+1. The van der Waals surface area contributed by atoms with Gasteiger partial charge in [0.2, 0.25) is 0 Å². The minimum atomic E-state index is 0.765. The number of halogens is 1. The summed E-state index contributed by atoms with van der Waals surface area (Å²) >= 11 is 6.11. The highest BCUT2D eigenvalue weighted by atomic mass is 35.5. The molecule has 0 saturated carbocycles. The Bertz CT molecular complexity index is 1190. The maximum absolute atomic E-state index is 6.11. The molecule has 0 bridgehead atoms. The Morgan fingerprint density at radius 2 is 1.68 bits per heavy atom. The molecule has 22 heavy (non-hydrogen) atoms. The van der Waals surface area contributed by atoms with Crippen molar-refractivity contribution in [3.05, 3.63) is 77.9 Å². The average Bonchev–Trinajstić information content (AvgIpc) is 2.93. The Morgan fingerprint density at radius 1 is 0.818 bits per heavy atom. The molecule has 5 aromatic rings. The summed E-state index contributed by atoms with van der Waals surface area (Å²) in [6, 6.07) is 23.1. The maximum Gasteiger partial charge on any atom is 0.292 e. The summed E-state index contributed by atoms with van der Waals surface area (Å²) in [7, 11) is 0. The molecule has 2 nitrogen and oxygen atoms in total. The third kappa shape index (κ3) is 1.53. The van der Waals surface area contributed by atoms with Crippen LogP contribution in [0.1, 0.15) is 0 Å². The van der Waals surface area contributed by atoms with Gasteiger partial charge in [-0.25, -0.2) is 0 Å². The van der Waals surface area contributed by atoms with E-state index in [9.17, 15) is 0 Å². The van der Waals surface area contributed by atoms with Gasteiger partial charge in [0.05, 0.1) is 0 Å². The minimum Gasteiger partial charge on any atom is -0.194 e. The number of benzene rings is 2. The molecular formula is C19H12ClN2+. The van der Waals surface area contributed by atoms with Crippen LogP contribution in [-0.4, -0.2) is 4.40 Å². The first-order valence-electron chi connectivity index (χ1n) is 7.24. The van der Waals surface area contributed by atoms with Gasteiger partial charge in [-0.3, -0.25) is 0 Å². The van der Waals surface area contributed by atoms with Gasteiger partial charge in [-0.1, -0.05) is 29.8 Å². The number of nitrogens with zero attached hydrogens (tertiary/aromatic N) is 2. The second kappa shape index (κ2) is 4.21. The van der Waals surface area contributed by atoms with E-state index in [2.05, 4.69) is 69.6 Å². The Kier molecular flexibility index (Phi) is 2.30. The lowest BCUT2D eigenvalue weighted by Crippen LogP contribution is -2.19. The van der Waals surface area contributed by atoms with Crippen LogP contribution in [0, 0.1) is 0 Å². The first-order valence-corrected chi connectivity index (χ1v) is 7.62. The Balaban J connectivity index is 2.07. The number of fused-ring (bicyclic) bond motifs is 7. The molecule has 0 atom stereocenters. The van der Waals surface area contributed by atoms with Crippen molar-refractivity contribution in [3.63, 3.8) is 0 Å². The summed E-state index contributed by atoms with van der Waals surface area (Å²) < 4.78 is 4.52. The molecule has 0 aliphatic carbocycles. The van der Waals surface area contributed by atoms with E-state index in [1.807, 2.05) is 12.1 Å². The largest absolute Gasteiger partial charge is 0.292 e. The molecular weight excluding hydrogens is 292 g/mol. The first kappa shape index (κ1) is 12.0. The topological polar surface area (TPSA) is 8.51 Å². The van der Waals surface area contributed by atoms with E-state index < -0.39 is 0 Å². The van der Waals surface area contributed by atoms with Gasteiger partial charge in [0.1, 0.15) is 17.2 Å². The lowest BCUT2D eigenvalue weighted by Gasteiger charge is -1.99. The van der Waals surface area contributed by atoms with Crippen molar-refractivity contribution in [1.82, 2.24) is 4.40 Å². The van der Waals surface area contributed by atoms with Crippen LogP contribution in [0.4, 0.5) is 0 Å². The average molecular weight is 304 g/mol. The third-order valence-corrected chi connectivity index (χ3v) is 4.50. The predicted octanol–water partition coefficient (Wildman–Crippen LogP) is 4.64. The van der Waals surface area contributed by atoms with Crippen LogP contribution >= 0.6 is 11.6 Å². The predicted molar refractivity (Wildman–Crippen MR) is 90.6 cm³/mol. The molecule has 0 fully saturated rings. The fourth-order valence-corrected chi connectivity index (χ4v) is 3.45. The number of pyridine rings is 2. The molecule has 0 spiro atoms. The van der Waals surface area contributed by atoms with Gasteiger partial charge in [0, 0.05) is 21.9 Å². The van der Waals surface area contributed by atoms with Gasteiger partial charge in [-0.2, -0.15) is 8.80 Å². The Labute approximate surface area is 131 Å². The van der Waals surface area contributed by atoms with E-state index >= 15 is 0 Å². The Hall–Kier alpha value is -2.58. The Morgan fingerprint density at radius 3 is 2.64 bits per heavy atom. The summed E-state index contributed by atoms with van der Waals surface area (Å²) in [5.74, 6) is 0. The van der Waals surface area contributed by atoms with E-state index in [1.165, 1.54) is 16.4 Å². The quantitative estimate of drug-likeness (QED) is 0.368. The van der Waals surface area contributed by atoms with Crippen LogP contribution < -0.4 is 4.40 Å². The van der Waals surface area contributed by atoms with Crippen LogP contribution in [0.15, 0.2) is 72.9 Å². The zero-order valence-electron chi connectivity index (χ0n) is 11.7. The molecule has 0 aliphatic rings. The minimum absolute atomic E-state index is 0.765. The number of hydrogen-bond acceptors (Lipinski definition) is 0. The van der Waals surface area contributed by atoms with E-state index in [1.54, 1.807) is 0 Å². The molecule has 104 valence electrons. The number of hydrogen-bond donors (Lipinski definition) is 0. The SMILES string of the molecule is Clc1ccc2c(ccc3n4c(ccc5ccccc54)c[n+]23)c1. The summed E-state index contributed by atoms with van der Waals surface area (Å²) in [4.78, 5) is 0. The van der Waals surface area contributed by atoms with Gasteiger partial charge in [0.25, 0.3) is 5.65 Å². The molecule has 0 amide bonds. The van der Waals surface area contributed by atoms with Crippen molar-refractivity contribution in [3.8, 4) is 0 Å². The molecule has 3 heteroatoms. The van der Waals surface area contributed by atoms with Gasteiger partial charge >= 0.3 is 0 Å². The van der Waals surface area contributed by atoms with E-state index in [4.69, 9.17) is 11.6 Å². The van der Waals surface area contributed by atoms with Crippen LogP contribution in [0.3, 0.4) is 0 Å². The normalized spacial score (nSPS) is 11.9. The van der Waals surface area contributed by atoms with Crippen LogP contribution in [0.2, 0.25) is 5.02 Å². The second-order valence-corrected chi connectivity index (χ2v) is 5.98. The van der Waals surface area contributed by atoms with Gasteiger partial charge in [-0.05, 0) is 42.5 Å². The molecule has 0 unspecified atom stereocenters. The zero-order chi connectivity index (χ0) is 14.7. The fraction of sp³-hybridized carbons (Fsp3) is 0. The highest BCUT2D eigenvalue weighted by molar-refractivity contribution is 6.31. The lowest BCUT2D eigenvalue weighted by molar-refractivity contribution is -0.479. The number of rotatable bonds is 0. The third-order valence-electron chi connectivity index (χ3n) is 4.27. The summed E-state index contributed by atoms with van der Waals surface area (Å²) in [6.07, 6.45) is 2.18. The first-order chi connectivity index (χ1) is 10.8. The van der Waals surface area contributed by atoms with Crippen molar-refractivity contribution in [2.24, 2.45) is 0 Å². The summed E-state index contributed by atoms with van der Waals surface area (Å²) in [5.41, 5.74) is 4.72. The van der Waals surface area contributed by atoms with Crippen molar-refractivity contribution in [2.75, 3.05) is 0 Å². The van der Waals surface area contributed by atoms with Crippen LogP contribution in [-0.2, 0) is 0 Å². The number of aromatic nitrogens is 2. The van der Waals surface area contributed by atoms with E-state index in [0.29, 0.717) is 0 Å². The highest BCUT2D eigenvalue weighted by Gasteiger charge is 2.16. The number of para-hydroxylation sites is 1. The molecule has 0 aliphatic heterocycles. The molecule has 0 radical (unpaired) electrons. The van der Waals surface area contributed by atoms with Gasteiger partial charge < -0.3 is 0 Å². The van der Waals surface area contributed by atoms with Crippen LogP contribution in [0.5, 0.6) is 0 Å². The van der Waals surface area contributed by atoms with Gasteiger partial charge in [-0.15, -0.1) is 0 Å². The number of imidazole rings is 1. The highest BCUT2D eigenvalue weighted by Crippen LogP contribution is 2.22. The zero-order valence-corrected chi connectivity index (χ0v) is 12.5. The van der Waals surface area contributed by atoms with Crippen molar-refractivity contribution >= 4 is 44.6 Å². The molecule has 3 aromatic heterocycles. The summed E-state index contributed by atoms with van der Waals surface area (Å²) in [6.45, 7) is 0. The van der Waals surface area contributed by atoms with E-state index in [-0.39, 0.29) is 0 Å². The van der Waals surface area contributed by atoms with Crippen LogP contribution in [0.25, 0.3) is 33.0 Å². The maximum atomic E-state index is 6.11. The lowest BCUT2D eigenvalue weighted by atomic mass is 10.2. The molecule has 2 aromatic carbocycles. The smallest absolute Gasteiger partial charge is 0.194 e. The summed E-state index contributed by atoms with van der Waals surface area (Å²) in [5, 5.41) is 3.15. The van der Waals surface area contributed by atoms with Crippen molar-refractivity contribution < 1.29 is 4.40 Å². The molecule has 0 saturated heterocycles. The van der Waals surface area contributed by atoms with Gasteiger partial charge in [0.15, 0.2) is 5.52 Å².